The summed E-state index contributed by atoms with van der Waals surface area (Å²) in [6, 6.07) is 18.2. The van der Waals surface area contributed by atoms with E-state index in [-0.39, 0.29) is 5.91 Å². The third-order valence-electron chi connectivity index (χ3n) is 3.99. The highest BCUT2D eigenvalue weighted by Gasteiger charge is 2.11. The SMILES string of the molecule is CC(C)CNC(=O)CCc1nc(-c2ccc(-c3ccccc3)cc2)no1. The number of carbonyl (C=O) groups excluding carboxylic acids is 1. The van der Waals surface area contributed by atoms with Crippen LogP contribution in [0.1, 0.15) is 26.2 Å². The fraction of sp³-hybridized carbons (Fsp3) is 0.286. The van der Waals surface area contributed by atoms with E-state index in [1.165, 1.54) is 5.56 Å². The Morgan fingerprint density at radius 1 is 1.00 bits per heavy atom. The second-order valence-electron chi connectivity index (χ2n) is 6.65. The van der Waals surface area contributed by atoms with E-state index >= 15 is 0 Å². The molecule has 5 nitrogen and oxygen atoms in total. The van der Waals surface area contributed by atoms with Gasteiger partial charge in [0, 0.05) is 24.9 Å². The van der Waals surface area contributed by atoms with E-state index in [1.54, 1.807) is 0 Å². The molecule has 0 fully saturated rings. The van der Waals surface area contributed by atoms with Crippen LogP contribution in [0.4, 0.5) is 0 Å². The van der Waals surface area contributed by atoms with Gasteiger partial charge in [-0.2, -0.15) is 4.98 Å². The molecule has 26 heavy (non-hydrogen) atoms. The van der Waals surface area contributed by atoms with Crippen molar-refractivity contribution in [3.63, 3.8) is 0 Å². The maximum absolute atomic E-state index is 11.8. The van der Waals surface area contributed by atoms with E-state index in [2.05, 4.69) is 41.4 Å². The van der Waals surface area contributed by atoms with Crippen LogP contribution in [0.2, 0.25) is 0 Å². The number of nitrogens with one attached hydrogen (secondary N) is 1. The molecule has 1 heterocycles. The zero-order valence-electron chi connectivity index (χ0n) is 15.1. The molecule has 0 aliphatic carbocycles. The predicted octanol–water partition coefficient (Wildman–Crippen LogP) is 4.11. The minimum Gasteiger partial charge on any atom is -0.356 e. The van der Waals surface area contributed by atoms with Gasteiger partial charge in [-0.15, -0.1) is 0 Å². The van der Waals surface area contributed by atoms with Crippen molar-refractivity contribution in [2.45, 2.75) is 26.7 Å². The quantitative estimate of drug-likeness (QED) is 0.697. The predicted molar refractivity (Wildman–Crippen MR) is 101 cm³/mol. The van der Waals surface area contributed by atoms with Gasteiger partial charge in [0.05, 0.1) is 0 Å². The number of amides is 1. The summed E-state index contributed by atoms with van der Waals surface area (Å²) in [7, 11) is 0. The summed E-state index contributed by atoms with van der Waals surface area (Å²) in [4.78, 5) is 16.2. The van der Waals surface area contributed by atoms with Crippen LogP contribution in [0.5, 0.6) is 0 Å². The van der Waals surface area contributed by atoms with Gasteiger partial charge in [-0.25, -0.2) is 0 Å². The molecule has 0 aliphatic heterocycles. The minimum atomic E-state index is 0.00524. The first-order chi connectivity index (χ1) is 12.6. The minimum absolute atomic E-state index is 0.00524. The van der Waals surface area contributed by atoms with Gasteiger partial charge in [0.15, 0.2) is 0 Å². The van der Waals surface area contributed by atoms with Crippen molar-refractivity contribution >= 4 is 5.91 Å². The Morgan fingerprint density at radius 2 is 1.65 bits per heavy atom. The number of carbonyl (C=O) groups is 1. The van der Waals surface area contributed by atoms with Gasteiger partial charge < -0.3 is 9.84 Å². The maximum Gasteiger partial charge on any atom is 0.227 e. The zero-order valence-corrected chi connectivity index (χ0v) is 15.1. The highest BCUT2D eigenvalue weighted by atomic mass is 16.5. The van der Waals surface area contributed by atoms with Crippen molar-refractivity contribution in [2.24, 2.45) is 5.92 Å². The number of rotatable bonds is 7. The van der Waals surface area contributed by atoms with Crippen LogP contribution in [0, 0.1) is 5.92 Å². The monoisotopic (exact) mass is 349 g/mol. The molecule has 1 N–H and O–H groups in total. The Hall–Kier alpha value is -2.95. The average Bonchev–Trinajstić information content (AvgIpc) is 3.14. The summed E-state index contributed by atoms with van der Waals surface area (Å²) in [5.41, 5.74) is 3.20. The van der Waals surface area contributed by atoms with Gasteiger partial charge >= 0.3 is 0 Å². The van der Waals surface area contributed by atoms with Crippen molar-refractivity contribution in [2.75, 3.05) is 6.54 Å². The molecule has 0 aliphatic rings. The topological polar surface area (TPSA) is 68.0 Å². The molecule has 2 aromatic carbocycles. The largest absolute Gasteiger partial charge is 0.356 e. The summed E-state index contributed by atoms with van der Waals surface area (Å²) >= 11 is 0. The molecule has 1 aromatic heterocycles. The molecule has 0 saturated heterocycles. The smallest absolute Gasteiger partial charge is 0.227 e. The second-order valence-corrected chi connectivity index (χ2v) is 6.65. The number of aryl methyl sites for hydroxylation is 1. The summed E-state index contributed by atoms with van der Waals surface area (Å²) in [6.07, 6.45) is 0.792. The Labute approximate surface area is 153 Å². The van der Waals surface area contributed by atoms with Crippen LogP contribution in [0.15, 0.2) is 59.1 Å². The molecular weight excluding hydrogens is 326 g/mol. The van der Waals surface area contributed by atoms with Crippen molar-refractivity contribution in [3.8, 4) is 22.5 Å². The molecule has 0 saturated carbocycles. The van der Waals surface area contributed by atoms with Crippen LogP contribution < -0.4 is 5.32 Å². The van der Waals surface area contributed by atoms with E-state index in [0.29, 0.717) is 37.0 Å². The normalized spacial score (nSPS) is 10.9. The van der Waals surface area contributed by atoms with Gasteiger partial charge in [-0.3, -0.25) is 4.79 Å². The number of nitrogens with zero attached hydrogens (tertiary/aromatic N) is 2. The van der Waals surface area contributed by atoms with Crippen molar-refractivity contribution < 1.29 is 9.32 Å². The van der Waals surface area contributed by atoms with Gasteiger partial charge in [-0.05, 0) is 17.0 Å². The van der Waals surface area contributed by atoms with Gasteiger partial charge in [0.2, 0.25) is 17.6 Å². The van der Waals surface area contributed by atoms with E-state index in [4.69, 9.17) is 4.52 Å². The van der Waals surface area contributed by atoms with Crippen LogP contribution in [0.3, 0.4) is 0 Å². The number of aromatic nitrogens is 2. The van der Waals surface area contributed by atoms with Crippen LogP contribution in [-0.2, 0) is 11.2 Å². The highest BCUT2D eigenvalue weighted by Crippen LogP contribution is 2.23. The number of hydrogen-bond acceptors (Lipinski definition) is 4. The average molecular weight is 349 g/mol. The third kappa shape index (κ3) is 4.79. The van der Waals surface area contributed by atoms with Crippen LogP contribution in [-0.4, -0.2) is 22.6 Å². The molecular formula is C21H23N3O2. The Kier molecular flexibility index (Phi) is 5.79. The summed E-state index contributed by atoms with van der Waals surface area (Å²) < 4.78 is 5.27. The molecule has 3 rings (SSSR count). The van der Waals surface area contributed by atoms with Crippen molar-refractivity contribution in [1.29, 1.82) is 0 Å². The lowest BCUT2D eigenvalue weighted by molar-refractivity contribution is -0.121. The third-order valence-corrected chi connectivity index (χ3v) is 3.99. The summed E-state index contributed by atoms with van der Waals surface area (Å²) in [6.45, 7) is 4.81. The van der Waals surface area contributed by atoms with E-state index in [1.807, 2.05) is 42.5 Å². The molecule has 0 bridgehead atoms. The fourth-order valence-corrected chi connectivity index (χ4v) is 2.54. The van der Waals surface area contributed by atoms with Crippen LogP contribution >= 0.6 is 0 Å². The van der Waals surface area contributed by atoms with Crippen molar-refractivity contribution in [1.82, 2.24) is 15.5 Å². The van der Waals surface area contributed by atoms with E-state index in [9.17, 15) is 4.79 Å². The van der Waals surface area contributed by atoms with Gasteiger partial charge in [0.1, 0.15) is 0 Å². The number of benzene rings is 2. The lowest BCUT2D eigenvalue weighted by Crippen LogP contribution is -2.27. The zero-order chi connectivity index (χ0) is 18.4. The molecule has 134 valence electrons. The maximum atomic E-state index is 11.8. The lowest BCUT2D eigenvalue weighted by atomic mass is 10.0. The number of hydrogen-bond donors (Lipinski definition) is 1. The van der Waals surface area contributed by atoms with Gasteiger partial charge in [-0.1, -0.05) is 73.6 Å². The standard InChI is InChI=1S/C21H23N3O2/c1-15(2)14-22-19(25)12-13-20-23-21(24-26-20)18-10-8-17(9-11-18)16-6-4-3-5-7-16/h3-11,15H,12-14H2,1-2H3,(H,22,25). The Morgan fingerprint density at radius 3 is 2.35 bits per heavy atom. The van der Waals surface area contributed by atoms with Gasteiger partial charge in [0.25, 0.3) is 0 Å². The molecule has 0 unspecified atom stereocenters. The molecule has 0 atom stereocenters. The molecule has 0 spiro atoms. The molecule has 5 heteroatoms. The molecule has 3 aromatic rings. The first-order valence-electron chi connectivity index (χ1n) is 8.87. The fourth-order valence-electron chi connectivity index (χ4n) is 2.54. The second kappa shape index (κ2) is 8.43. The first-order valence-corrected chi connectivity index (χ1v) is 8.87. The van der Waals surface area contributed by atoms with Crippen LogP contribution in [0.25, 0.3) is 22.5 Å². The van der Waals surface area contributed by atoms with E-state index < -0.39 is 0 Å². The molecule has 0 radical (unpaired) electrons. The summed E-state index contributed by atoms with van der Waals surface area (Å²) in [5.74, 6) is 1.47. The molecule has 1 amide bonds. The van der Waals surface area contributed by atoms with Crippen molar-refractivity contribution in [3.05, 3.63) is 60.5 Å². The Balaban J connectivity index is 1.60. The summed E-state index contributed by atoms with van der Waals surface area (Å²) in [5, 5.41) is 6.91. The Bertz CT molecular complexity index is 839. The lowest BCUT2D eigenvalue weighted by Gasteiger charge is -2.06. The first kappa shape index (κ1) is 17.9. The highest BCUT2D eigenvalue weighted by molar-refractivity contribution is 5.76. The van der Waals surface area contributed by atoms with E-state index in [0.717, 1.165) is 11.1 Å².